The molecule has 3 aromatic rings. The fourth-order valence-electron chi connectivity index (χ4n) is 3.12. The van der Waals surface area contributed by atoms with Gasteiger partial charge in [0.25, 0.3) is 17.5 Å². The Labute approximate surface area is 154 Å². The third kappa shape index (κ3) is 2.12. The van der Waals surface area contributed by atoms with Crippen LogP contribution >= 0.6 is 15.9 Å². The number of phenols is 1. The van der Waals surface area contributed by atoms with Crippen LogP contribution in [0.3, 0.4) is 0 Å². The molecular formula is C18H9BrN2O5. The van der Waals surface area contributed by atoms with Crippen molar-refractivity contribution < 1.29 is 19.6 Å². The van der Waals surface area contributed by atoms with Crippen molar-refractivity contribution in [3.8, 4) is 5.75 Å². The third-order valence-electron chi connectivity index (χ3n) is 4.26. The predicted octanol–water partition coefficient (Wildman–Crippen LogP) is 4.02. The molecule has 0 saturated carbocycles. The van der Waals surface area contributed by atoms with E-state index in [0.29, 0.717) is 10.8 Å². The van der Waals surface area contributed by atoms with Crippen LogP contribution in [0.1, 0.15) is 20.7 Å². The number of anilines is 1. The number of hydrogen-bond acceptors (Lipinski definition) is 5. The molecule has 0 atom stereocenters. The molecule has 1 heterocycles. The van der Waals surface area contributed by atoms with Crippen molar-refractivity contribution in [2.45, 2.75) is 0 Å². The number of halogens is 1. The summed E-state index contributed by atoms with van der Waals surface area (Å²) in [5, 5.41) is 22.2. The number of carbonyl (C=O) groups excluding carboxylic acids is 2. The van der Waals surface area contributed by atoms with E-state index in [0.717, 1.165) is 11.0 Å². The molecule has 1 aliphatic rings. The van der Waals surface area contributed by atoms with Crippen molar-refractivity contribution in [1.29, 1.82) is 0 Å². The van der Waals surface area contributed by atoms with E-state index in [9.17, 15) is 24.8 Å². The van der Waals surface area contributed by atoms with E-state index >= 15 is 0 Å². The highest BCUT2D eigenvalue weighted by Crippen LogP contribution is 2.41. The topological polar surface area (TPSA) is 101 Å². The van der Waals surface area contributed by atoms with Crippen LogP contribution in [0.4, 0.5) is 11.4 Å². The predicted molar refractivity (Wildman–Crippen MR) is 97.5 cm³/mol. The third-order valence-corrected chi connectivity index (χ3v) is 5.10. The Hall–Kier alpha value is -3.26. The van der Waals surface area contributed by atoms with Crippen molar-refractivity contribution >= 4 is 49.9 Å². The molecule has 0 aliphatic carbocycles. The second-order valence-electron chi connectivity index (χ2n) is 5.68. The molecule has 0 fully saturated rings. The Morgan fingerprint density at radius 2 is 1.69 bits per heavy atom. The maximum atomic E-state index is 13.0. The van der Waals surface area contributed by atoms with Gasteiger partial charge in [-0.05, 0) is 34.1 Å². The van der Waals surface area contributed by atoms with E-state index in [1.807, 2.05) is 0 Å². The van der Waals surface area contributed by atoms with Gasteiger partial charge in [0.2, 0.25) is 0 Å². The largest absolute Gasteiger partial charge is 0.506 e. The minimum Gasteiger partial charge on any atom is -0.506 e. The van der Waals surface area contributed by atoms with Crippen LogP contribution in [0.5, 0.6) is 5.75 Å². The highest BCUT2D eigenvalue weighted by Gasteiger charge is 2.37. The van der Waals surface area contributed by atoms with Gasteiger partial charge >= 0.3 is 0 Å². The number of imide groups is 1. The van der Waals surface area contributed by atoms with Gasteiger partial charge in [-0.25, -0.2) is 4.90 Å². The lowest BCUT2D eigenvalue weighted by molar-refractivity contribution is -0.385. The first-order valence-electron chi connectivity index (χ1n) is 7.48. The average Bonchev–Trinajstić information content (AvgIpc) is 2.62. The second kappa shape index (κ2) is 5.63. The molecule has 128 valence electrons. The molecule has 8 heteroatoms. The number of nitro groups is 1. The van der Waals surface area contributed by atoms with Crippen molar-refractivity contribution in [3.63, 3.8) is 0 Å². The van der Waals surface area contributed by atoms with Gasteiger partial charge < -0.3 is 5.11 Å². The summed E-state index contributed by atoms with van der Waals surface area (Å²) in [7, 11) is 0. The van der Waals surface area contributed by atoms with Crippen LogP contribution in [0.25, 0.3) is 10.8 Å². The number of carbonyl (C=O) groups is 2. The van der Waals surface area contributed by atoms with Gasteiger partial charge in [0.15, 0.2) is 0 Å². The Bertz CT molecular complexity index is 1140. The molecule has 0 saturated heterocycles. The summed E-state index contributed by atoms with van der Waals surface area (Å²) >= 11 is 3.20. The molecule has 0 aromatic heterocycles. The van der Waals surface area contributed by atoms with Crippen LogP contribution in [0.2, 0.25) is 0 Å². The minimum atomic E-state index is -0.726. The van der Waals surface area contributed by atoms with E-state index in [-0.39, 0.29) is 32.7 Å². The number of rotatable bonds is 2. The van der Waals surface area contributed by atoms with Gasteiger partial charge in [-0.2, -0.15) is 0 Å². The fraction of sp³-hybridized carbons (Fsp3) is 0. The van der Waals surface area contributed by atoms with Gasteiger partial charge in [0.1, 0.15) is 10.2 Å². The van der Waals surface area contributed by atoms with Crippen LogP contribution in [-0.2, 0) is 0 Å². The normalized spacial score (nSPS) is 13.3. The van der Waals surface area contributed by atoms with Crippen LogP contribution in [0, 0.1) is 10.1 Å². The highest BCUT2D eigenvalue weighted by molar-refractivity contribution is 9.10. The van der Waals surface area contributed by atoms with Gasteiger partial charge in [-0.1, -0.05) is 24.3 Å². The molecule has 26 heavy (non-hydrogen) atoms. The summed E-state index contributed by atoms with van der Waals surface area (Å²) in [5.74, 6) is -1.57. The van der Waals surface area contributed by atoms with Crippen molar-refractivity contribution in [2.24, 2.45) is 0 Å². The van der Waals surface area contributed by atoms with Crippen LogP contribution in [0.15, 0.2) is 53.0 Å². The molecule has 4 rings (SSSR count). The first-order valence-corrected chi connectivity index (χ1v) is 8.27. The number of para-hydroxylation sites is 2. The summed E-state index contributed by atoms with van der Waals surface area (Å²) in [6.07, 6.45) is 0. The van der Waals surface area contributed by atoms with E-state index < -0.39 is 16.7 Å². The molecule has 7 nitrogen and oxygen atoms in total. The standard InChI is InChI=1S/C18H9BrN2O5/c19-16-9-4-3-5-10-15(9)11(8-13(16)21(25)26)18(24)20(17(10)23)12-6-1-2-7-14(12)22/h1-8,22H. The lowest BCUT2D eigenvalue weighted by Crippen LogP contribution is -2.40. The number of hydrogen-bond donors (Lipinski definition) is 1. The summed E-state index contributed by atoms with van der Waals surface area (Å²) < 4.78 is 0.208. The average molecular weight is 413 g/mol. The van der Waals surface area contributed by atoms with Crippen LogP contribution in [-0.4, -0.2) is 21.8 Å². The zero-order chi connectivity index (χ0) is 18.6. The van der Waals surface area contributed by atoms with Gasteiger partial charge in [-0.3, -0.25) is 19.7 Å². The molecule has 0 unspecified atom stereocenters. The van der Waals surface area contributed by atoms with Crippen molar-refractivity contribution in [3.05, 3.63) is 74.2 Å². The van der Waals surface area contributed by atoms with E-state index in [1.54, 1.807) is 30.3 Å². The quantitative estimate of drug-likeness (QED) is 0.389. The van der Waals surface area contributed by atoms with E-state index in [1.165, 1.54) is 12.1 Å². The lowest BCUT2D eigenvalue weighted by Gasteiger charge is -2.27. The van der Waals surface area contributed by atoms with Crippen molar-refractivity contribution in [2.75, 3.05) is 4.90 Å². The van der Waals surface area contributed by atoms with Gasteiger partial charge in [0, 0.05) is 22.4 Å². The summed E-state index contributed by atoms with van der Waals surface area (Å²) in [6.45, 7) is 0. The SMILES string of the molecule is O=C1c2cccc3c(Br)c([N+](=O)[O-])cc(c23)C(=O)N1c1ccccc1O. The molecular weight excluding hydrogens is 404 g/mol. The number of amides is 2. The summed E-state index contributed by atoms with van der Waals surface area (Å²) in [6, 6.07) is 11.8. The fourth-order valence-corrected chi connectivity index (χ4v) is 3.71. The first kappa shape index (κ1) is 16.2. The summed E-state index contributed by atoms with van der Waals surface area (Å²) in [4.78, 5) is 37.5. The maximum absolute atomic E-state index is 13.0. The lowest BCUT2D eigenvalue weighted by atomic mass is 9.93. The first-order chi connectivity index (χ1) is 12.4. The number of aromatic hydroxyl groups is 1. The molecule has 1 N–H and O–H groups in total. The second-order valence-corrected chi connectivity index (χ2v) is 6.47. The molecule has 0 spiro atoms. The Morgan fingerprint density at radius 1 is 1.00 bits per heavy atom. The Morgan fingerprint density at radius 3 is 2.38 bits per heavy atom. The highest BCUT2D eigenvalue weighted by atomic mass is 79.9. The Kier molecular flexibility index (Phi) is 3.52. The summed E-state index contributed by atoms with van der Waals surface area (Å²) in [5.41, 5.74) is 0.0182. The maximum Gasteiger partial charge on any atom is 0.284 e. The number of nitrogens with zero attached hydrogens (tertiary/aromatic N) is 2. The molecule has 3 aromatic carbocycles. The zero-order valence-electron chi connectivity index (χ0n) is 13.0. The van der Waals surface area contributed by atoms with E-state index in [4.69, 9.17) is 0 Å². The Balaban J connectivity index is 2.07. The van der Waals surface area contributed by atoms with Crippen LogP contribution < -0.4 is 4.90 Å². The smallest absolute Gasteiger partial charge is 0.284 e. The van der Waals surface area contributed by atoms with E-state index in [2.05, 4.69) is 15.9 Å². The van der Waals surface area contributed by atoms with Crippen molar-refractivity contribution in [1.82, 2.24) is 0 Å². The molecule has 0 radical (unpaired) electrons. The monoisotopic (exact) mass is 412 g/mol. The number of phenolic OH excluding ortho intramolecular Hbond substituents is 1. The molecule has 0 bridgehead atoms. The molecule has 1 aliphatic heterocycles. The van der Waals surface area contributed by atoms with Gasteiger partial charge in [0.05, 0.1) is 16.2 Å². The molecule has 2 amide bonds. The van der Waals surface area contributed by atoms with Gasteiger partial charge in [-0.15, -0.1) is 0 Å². The number of benzene rings is 3. The zero-order valence-corrected chi connectivity index (χ0v) is 14.6. The minimum absolute atomic E-state index is 0.0238. The number of nitro benzene ring substituents is 1.